The van der Waals surface area contributed by atoms with Crippen LogP contribution in [0.1, 0.15) is 34.6 Å². The molecule has 2 heterocycles. The Morgan fingerprint density at radius 2 is 1.70 bits per heavy atom. The van der Waals surface area contributed by atoms with Gasteiger partial charge in [0, 0.05) is 38.4 Å². The van der Waals surface area contributed by atoms with Gasteiger partial charge in [0.25, 0.3) is 5.91 Å². The normalized spacial score (nSPS) is 15.4. The molecule has 9 nitrogen and oxygen atoms in total. The van der Waals surface area contributed by atoms with E-state index in [1.807, 2.05) is 6.92 Å². The van der Waals surface area contributed by atoms with E-state index in [0.29, 0.717) is 31.5 Å². The highest BCUT2D eigenvalue weighted by Crippen LogP contribution is 2.19. The highest BCUT2D eigenvalue weighted by atomic mass is 32.2. The third-order valence-electron chi connectivity index (χ3n) is 5.23. The van der Waals surface area contributed by atoms with Crippen LogP contribution in [-0.4, -0.2) is 59.5 Å². The van der Waals surface area contributed by atoms with Crippen molar-refractivity contribution in [1.82, 2.24) is 19.2 Å². The number of hydrogen-bond donors (Lipinski definition) is 1. The van der Waals surface area contributed by atoms with Crippen molar-refractivity contribution in [3.8, 4) is 0 Å². The average molecular weight is 432 g/mol. The molecule has 2 N–H and O–H groups in total. The monoisotopic (exact) mass is 431 g/mol. The number of rotatable bonds is 6. The van der Waals surface area contributed by atoms with E-state index >= 15 is 0 Å². The van der Waals surface area contributed by atoms with Crippen LogP contribution in [0.15, 0.2) is 41.6 Å². The molecule has 1 aliphatic rings. The van der Waals surface area contributed by atoms with Gasteiger partial charge in [-0.2, -0.15) is 4.31 Å². The lowest BCUT2D eigenvalue weighted by molar-refractivity contribution is -0.123. The Morgan fingerprint density at radius 3 is 2.23 bits per heavy atom. The molecule has 0 spiro atoms. The van der Waals surface area contributed by atoms with Crippen LogP contribution in [0, 0.1) is 12.8 Å². The van der Waals surface area contributed by atoms with Crippen LogP contribution in [0.2, 0.25) is 0 Å². The number of aromatic nitrogens is 2. The fraction of sp³-hybridized carbons (Fsp3) is 0.400. The van der Waals surface area contributed by atoms with Crippen molar-refractivity contribution in [1.29, 1.82) is 0 Å². The quantitative estimate of drug-likeness (QED) is 0.725. The number of aryl methyl sites for hydroxylation is 1. The first-order valence-corrected chi connectivity index (χ1v) is 11.0. The predicted molar refractivity (Wildman–Crippen MR) is 110 cm³/mol. The first-order valence-electron chi connectivity index (χ1n) is 9.61. The van der Waals surface area contributed by atoms with Gasteiger partial charge in [0.2, 0.25) is 15.9 Å². The Balaban J connectivity index is 1.63. The van der Waals surface area contributed by atoms with Crippen molar-refractivity contribution in [2.75, 3.05) is 20.1 Å². The minimum atomic E-state index is -3.67. The highest BCUT2D eigenvalue weighted by molar-refractivity contribution is 7.89. The van der Waals surface area contributed by atoms with Crippen molar-refractivity contribution in [3.63, 3.8) is 0 Å². The molecule has 160 valence electrons. The lowest BCUT2D eigenvalue weighted by atomic mass is 9.96. The molecule has 1 aromatic heterocycles. The summed E-state index contributed by atoms with van der Waals surface area (Å²) in [6, 6.07) is 6.60. The van der Waals surface area contributed by atoms with E-state index in [2.05, 4.69) is 9.97 Å². The summed E-state index contributed by atoms with van der Waals surface area (Å²) in [5, 5.41) is 0. The van der Waals surface area contributed by atoms with Gasteiger partial charge in [-0.1, -0.05) is 17.7 Å². The summed E-state index contributed by atoms with van der Waals surface area (Å²) in [5.41, 5.74) is 6.61. The van der Waals surface area contributed by atoms with Gasteiger partial charge in [0.15, 0.2) is 0 Å². The SMILES string of the molecule is Cc1ccc(S(=O)(=O)N(C)Cc2ncc(C(=O)N3CCC(C(N)=O)CC3)cn2)cc1. The van der Waals surface area contributed by atoms with Crippen LogP contribution in [0.5, 0.6) is 0 Å². The van der Waals surface area contributed by atoms with Gasteiger partial charge < -0.3 is 10.6 Å². The zero-order chi connectivity index (χ0) is 21.9. The summed E-state index contributed by atoms with van der Waals surface area (Å²) in [5.74, 6) is -0.458. The number of benzene rings is 1. The molecule has 1 aromatic carbocycles. The van der Waals surface area contributed by atoms with Gasteiger partial charge in [-0.25, -0.2) is 18.4 Å². The van der Waals surface area contributed by atoms with Crippen LogP contribution in [0.25, 0.3) is 0 Å². The summed E-state index contributed by atoms with van der Waals surface area (Å²) >= 11 is 0. The summed E-state index contributed by atoms with van der Waals surface area (Å²) < 4.78 is 26.5. The first kappa shape index (κ1) is 21.8. The number of likely N-dealkylation sites (tertiary alicyclic amines) is 1. The molecule has 0 saturated carbocycles. The number of primary amides is 1. The molecule has 2 aromatic rings. The molecular weight excluding hydrogens is 406 g/mol. The topological polar surface area (TPSA) is 127 Å². The van der Waals surface area contributed by atoms with Crippen molar-refractivity contribution < 1.29 is 18.0 Å². The molecule has 30 heavy (non-hydrogen) atoms. The maximum Gasteiger partial charge on any atom is 0.256 e. The Labute approximate surface area is 176 Å². The molecular formula is C20H25N5O4S. The zero-order valence-corrected chi connectivity index (χ0v) is 17.8. The first-order chi connectivity index (χ1) is 14.2. The number of amides is 2. The zero-order valence-electron chi connectivity index (χ0n) is 17.0. The van der Waals surface area contributed by atoms with E-state index in [1.165, 1.54) is 23.7 Å². The van der Waals surface area contributed by atoms with E-state index in [4.69, 9.17) is 5.73 Å². The summed E-state index contributed by atoms with van der Waals surface area (Å²) in [4.78, 5) is 34.0. The number of nitrogens with two attached hydrogens (primary N) is 1. The molecule has 0 bridgehead atoms. The van der Waals surface area contributed by atoms with Crippen LogP contribution >= 0.6 is 0 Å². The summed E-state index contributed by atoms with van der Waals surface area (Å²) in [7, 11) is -2.21. The Kier molecular flexibility index (Phi) is 6.47. The van der Waals surface area contributed by atoms with Crippen molar-refractivity contribution in [3.05, 3.63) is 53.6 Å². The smallest absolute Gasteiger partial charge is 0.256 e. The van der Waals surface area contributed by atoms with Crippen molar-refractivity contribution in [2.24, 2.45) is 11.7 Å². The lowest BCUT2D eigenvalue weighted by Gasteiger charge is -2.30. The van der Waals surface area contributed by atoms with E-state index < -0.39 is 10.0 Å². The molecule has 1 saturated heterocycles. The second kappa shape index (κ2) is 8.88. The van der Waals surface area contributed by atoms with Crippen LogP contribution in [0.4, 0.5) is 0 Å². The Morgan fingerprint density at radius 1 is 1.13 bits per heavy atom. The van der Waals surface area contributed by atoms with Crippen LogP contribution in [0.3, 0.4) is 0 Å². The van der Waals surface area contributed by atoms with Gasteiger partial charge in [-0.05, 0) is 31.9 Å². The fourth-order valence-corrected chi connectivity index (χ4v) is 4.40. The third kappa shape index (κ3) is 4.82. The van der Waals surface area contributed by atoms with E-state index in [9.17, 15) is 18.0 Å². The summed E-state index contributed by atoms with van der Waals surface area (Å²) in [6.45, 7) is 2.77. The van der Waals surface area contributed by atoms with E-state index in [1.54, 1.807) is 29.2 Å². The number of sulfonamides is 1. The molecule has 0 unspecified atom stereocenters. The predicted octanol–water partition coefficient (Wildman–Crippen LogP) is 0.943. The van der Waals surface area contributed by atoms with E-state index in [-0.39, 0.29) is 35.0 Å². The molecule has 2 amide bonds. The second-order valence-corrected chi connectivity index (χ2v) is 9.48. The van der Waals surface area contributed by atoms with E-state index in [0.717, 1.165) is 5.56 Å². The highest BCUT2D eigenvalue weighted by Gasteiger charge is 2.27. The standard InChI is InChI=1S/C20H25N5O4S/c1-14-3-5-17(6-4-14)30(28,29)24(2)13-18-22-11-16(12-23-18)20(27)25-9-7-15(8-10-25)19(21)26/h3-6,11-12,15H,7-10,13H2,1-2H3,(H2,21,26). The molecule has 0 radical (unpaired) electrons. The van der Waals surface area contributed by atoms with Gasteiger partial charge in [-0.15, -0.1) is 0 Å². The number of nitrogens with zero attached hydrogens (tertiary/aromatic N) is 4. The fourth-order valence-electron chi connectivity index (χ4n) is 3.27. The Hall–Kier alpha value is -2.85. The van der Waals surface area contributed by atoms with Crippen LogP contribution < -0.4 is 5.73 Å². The average Bonchev–Trinajstić information content (AvgIpc) is 2.74. The number of carbonyl (C=O) groups is 2. The maximum atomic E-state index is 12.7. The molecule has 0 atom stereocenters. The lowest BCUT2D eigenvalue weighted by Crippen LogP contribution is -2.41. The number of carbonyl (C=O) groups excluding carboxylic acids is 2. The Bertz CT molecular complexity index is 1010. The van der Waals surface area contributed by atoms with Crippen LogP contribution in [-0.2, 0) is 21.4 Å². The largest absolute Gasteiger partial charge is 0.369 e. The second-order valence-electron chi connectivity index (χ2n) is 7.43. The molecule has 1 aliphatic heterocycles. The van der Waals surface area contributed by atoms with Gasteiger partial charge in [0.05, 0.1) is 17.0 Å². The molecule has 1 fully saturated rings. The maximum absolute atomic E-state index is 12.7. The number of piperidine rings is 1. The molecule has 10 heteroatoms. The van der Waals surface area contributed by atoms with Gasteiger partial charge in [-0.3, -0.25) is 9.59 Å². The third-order valence-corrected chi connectivity index (χ3v) is 7.05. The summed E-state index contributed by atoms with van der Waals surface area (Å²) in [6.07, 6.45) is 3.89. The van der Waals surface area contributed by atoms with Gasteiger partial charge >= 0.3 is 0 Å². The van der Waals surface area contributed by atoms with Gasteiger partial charge in [0.1, 0.15) is 5.82 Å². The molecule has 3 rings (SSSR count). The van der Waals surface area contributed by atoms with Crippen molar-refractivity contribution >= 4 is 21.8 Å². The number of hydrogen-bond acceptors (Lipinski definition) is 6. The molecule has 0 aliphatic carbocycles. The minimum absolute atomic E-state index is 0.0192. The van der Waals surface area contributed by atoms with Crippen molar-refractivity contribution in [2.45, 2.75) is 31.2 Å². The minimum Gasteiger partial charge on any atom is -0.369 e.